The maximum atomic E-state index is 12.5. The lowest BCUT2D eigenvalue weighted by atomic mass is 10.2. The monoisotopic (exact) mass is 296 g/mol. The number of urea groups is 1. The summed E-state index contributed by atoms with van der Waals surface area (Å²) in [6.07, 6.45) is 3.96. The van der Waals surface area contributed by atoms with Crippen LogP contribution < -0.4 is 0 Å². The minimum Gasteiger partial charge on any atom is -0.480 e. The average molecular weight is 296 g/mol. The lowest BCUT2D eigenvalue weighted by Crippen LogP contribution is -2.48. The number of carbonyl (C=O) groups is 2. The molecule has 0 bridgehead atoms. The number of thiophene rings is 1. The number of nitrogens with zero attached hydrogens (tertiary/aromatic N) is 2. The van der Waals surface area contributed by atoms with Gasteiger partial charge in [0.25, 0.3) is 0 Å². The molecule has 1 aromatic heterocycles. The van der Waals surface area contributed by atoms with Crippen molar-refractivity contribution in [3.05, 3.63) is 22.4 Å². The summed E-state index contributed by atoms with van der Waals surface area (Å²) >= 11 is 1.59. The van der Waals surface area contributed by atoms with Gasteiger partial charge in [-0.1, -0.05) is 12.8 Å². The molecular formula is C14H20N2O3S. The third-order valence-corrected chi connectivity index (χ3v) is 4.38. The van der Waals surface area contributed by atoms with E-state index in [-0.39, 0.29) is 18.6 Å². The predicted octanol–water partition coefficient (Wildman–Crippen LogP) is 2.63. The first kappa shape index (κ1) is 14.8. The molecule has 1 aliphatic rings. The molecule has 110 valence electrons. The van der Waals surface area contributed by atoms with Gasteiger partial charge in [-0.15, -0.1) is 0 Å². The minimum absolute atomic E-state index is 0.0727. The van der Waals surface area contributed by atoms with Gasteiger partial charge in [0, 0.05) is 19.6 Å². The van der Waals surface area contributed by atoms with Crippen molar-refractivity contribution >= 4 is 23.3 Å². The second-order valence-electron chi connectivity index (χ2n) is 5.23. The number of hydrogen-bond donors (Lipinski definition) is 1. The molecule has 0 saturated heterocycles. The summed E-state index contributed by atoms with van der Waals surface area (Å²) in [5.41, 5.74) is 1.08. The van der Waals surface area contributed by atoms with Crippen LogP contribution in [0, 0.1) is 0 Å². The Bertz CT molecular complexity index is 455. The molecule has 6 heteroatoms. The molecule has 0 atom stereocenters. The number of rotatable bonds is 5. The number of hydrogen-bond acceptors (Lipinski definition) is 3. The van der Waals surface area contributed by atoms with Crippen LogP contribution in [-0.2, 0) is 11.3 Å². The SMILES string of the molecule is CN(Cc1ccsc1)C(=O)N(CC(=O)O)C1CCCC1. The van der Waals surface area contributed by atoms with Crippen LogP contribution in [0.15, 0.2) is 16.8 Å². The van der Waals surface area contributed by atoms with Crippen molar-refractivity contribution in [2.75, 3.05) is 13.6 Å². The fourth-order valence-corrected chi connectivity index (χ4v) is 3.32. The first-order valence-corrected chi connectivity index (χ1v) is 7.77. The summed E-state index contributed by atoms with van der Waals surface area (Å²) in [6, 6.07) is 1.86. The van der Waals surface area contributed by atoms with E-state index in [1.807, 2.05) is 16.8 Å². The average Bonchev–Trinajstić information content (AvgIpc) is 3.07. The Kier molecular flexibility index (Phi) is 5.00. The van der Waals surface area contributed by atoms with E-state index in [0.717, 1.165) is 31.2 Å². The van der Waals surface area contributed by atoms with Crippen molar-refractivity contribution in [3.63, 3.8) is 0 Å². The third-order valence-electron chi connectivity index (χ3n) is 3.64. The summed E-state index contributed by atoms with van der Waals surface area (Å²) in [5.74, 6) is -0.950. The highest BCUT2D eigenvalue weighted by Crippen LogP contribution is 2.24. The molecule has 0 radical (unpaired) electrons. The van der Waals surface area contributed by atoms with Crippen molar-refractivity contribution in [1.82, 2.24) is 9.80 Å². The maximum Gasteiger partial charge on any atom is 0.323 e. The third kappa shape index (κ3) is 3.72. The summed E-state index contributed by atoms with van der Waals surface area (Å²) < 4.78 is 0. The second kappa shape index (κ2) is 6.74. The van der Waals surface area contributed by atoms with Gasteiger partial charge in [-0.3, -0.25) is 4.79 Å². The summed E-state index contributed by atoms with van der Waals surface area (Å²) in [7, 11) is 1.73. The standard InChI is InChI=1S/C14H20N2O3S/c1-15(8-11-6-7-20-10-11)14(19)16(9-13(17)18)12-4-2-3-5-12/h6-7,10,12H,2-5,8-9H2,1H3,(H,17,18). The van der Waals surface area contributed by atoms with Crippen molar-refractivity contribution in [1.29, 1.82) is 0 Å². The Morgan fingerprint density at radius 2 is 2.10 bits per heavy atom. The normalized spacial score (nSPS) is 15.2. The first-order chi connectivity index (χ1) is 9.58. The fraction of sp³-hybridized carbons (Fsp3) is 0.571. The minimum atomic E-state index is -0.950. The van der Waals surface area contributed by atoms with Crippen LogP contribution in [0.25, 0.3) is 0 Å². The van der Waals surface area contributed by atoms with Gasteiger partial charge in [-0.2, -0.15) is 11.3 Å². The molecule has 0 unspecified atom stereocenters. The topological polar surface area (TPSA) is 60.9 Å². The Hall–Kier alpha value is -1.56. The number of aliphatic carboxylic acids is 1. The molecular weight excluding hydrogens is 276 g/mol. The molecule has 1 aliphatic carbocycles. The van der Waals surface area contributed by atoms with Crippen LogP contribution >= 0.6 is 11.3 Å². The zero-order valence-electron chi connectivity index (χ0n) is 11.6. The second-order valence-corrected chi connectivity index (χ2v) is 6.01. The van der Waals surface area contributed by atoms with Crippen molar-refractivity contribution in [3.8, 4) is 0 Å². The molecule has 2 amide bonds. The molecule has 20 heavy (non-hydrogen) atoms. The van der Waals surface area contributed by atoms with Crippen molar-refractivity contribution in [2.45, 2.75) is 38.3 Å². The smallest absolute Gasteiger partial charge is 0.323 e. The Balaban J connectivity index is 2.02. The highest BCUT2D eigenvalue weighted by Gasteiger charge is 2.30. The quantitative estimate of drug-likeness (QED) is 0.908. The van der Waals surface area contributed by atoms with Gasteiger partial charge in [0.2, 0.25) is 0 Å². The van der Waals surface area contributed by atoms with E-state index in [9.17, 15) is 9.59 Å². The number of carboxylic acids is 1. The highest BCUT2D eigenvalue weighted by molar-refractivity contribution is 7.07. The van der Waals surface area contributed by atoms with Crippen molar-refractivity contribution < 1.29 is 14.7 Å². The molecule has 1 heterocycles. The number of carboxylic acid groups (broad SMARTS) is 1. The van der Waals surface area contributed by atoms with Gasteiger partial charge < -0.3 is 14.9 Å². The van der Waals surface area contributed by atoms with Crippen LogP contribution in [0.1, 0.15) is 31.2 Å². The van der Waals surface area contributed by atoms with E-state index in [0.29, 0.717) is 6.54 Å². The zero-order chi connectivity index (χ0) is 14.5. The molecule has 0 spiro atoms. The molecule has 0 aromatic carbocycles. The molecule has 2 rings (SSSR count). The predicted molar refractivity (Wildman–Crippen MR) is 77.8 cm³/mol. The van der Waals surface area contributed by atoms with E-state index in [1.54, 1.807) is 23.3 Å². The largest absolute Gasteiger partial charge is 0.480 e. The van der Waals surface area contributed by atoms with Crippen LogP contribution in [-0.4, -0.2) is 46.5 Å². The van der Waals surface area contributed by atoms with E-state index in [4.69, 9.17) is 5.11 Å². The van der Waals surface area contributed by atoms with Gasteiger partial charge in [0.1, 0.15) is 6.54 Å². The molecule has 1 N–H and O–H groups in total. The van der Waals surface area contributed by atoms with Crippen LogP contribution in [0.4, 0.5) is 4.79 Å². The molecule has 5 nitrogen and oxygen atoms in total. The van der Waals surface area contributed by atoms with Gasteiger partial charge >= 0.3 is 12.0 Å². The first-order valence-electron chi connectivity index (χ1n) is 6.82. The summed E-state index contributed by atoms with van der Waals surface area (Å²) in [4.78, 5) is 26.6. The van der Waals surface area contributed by atoms with Crippen molar-refractivity contribution in [2.24, 2.45) is 0 Å². The van der Waals surface area contributed by atoms with E-state index in [2.05, 4.69) is 0 Å². The van der Waals surface area contributed by atoms with Gasteiger partial charge in [0.15, 0.2) is 0 Å². The Morgan fingerprint density at radius 1 is 1.40 bits per heavy atom. The lowest BCUT2D eigenvalue weighted by Gasteiger charge is -2.31. The zero-order valence-corrected chi connectivity index (χ0v) is 12.4. The summed E-state index contributed by atoms with van der Waals surface area (Å²) in [6.45, 7) is 0.308. The number of carbonyl (C=O) groups excluding carboxylic acids is 1. The van der Waals surface area contributed by atoms with Gasteiger partial charge in [-0.25, -0.2) is 4.79 Å². The van der Waals surface area contributed by atoms with Gasteiger partial charge in [-0.05, 0) is 35.2 Å². The summed E-state index contributed by atoms with van der Waals surface area (Å²) in [5, 5.41) is 13.0. The molecule has 1 fully saturated rings. The Morgan fingerprint density at radius 3 is 2.65 bits per heavy atom. The van der Waals surface area contributed by atoms with E-state index in [1.165, 1.54) is 4.90 Å². The molecule has 1 aromatic rings. The Labute approximate surface area is 122 Å². The molecule has 1 saturated carbocycles. The highest BCUT2D eigenvalue weighted by atomic mass is 32.1. The van der Waals surface area contributed by atoms with Crippen LogP contribution in [0.2, 0.25) is 0 Å². The maximum absolute atomic E-state index is 12.5. The van der Waals surface area contributed by atoms with Gasteiger partial charge in [0.05, 0.1) is 0 Å². The molecule has 0 aliphatic heterocycles. The number of amides is 2. The van der Waals surface area contributed by atoms with E-state index < -0.39 is 5.97 Å². The van der Waals surface area contributed by atoms with Crippen LogP contribution in [0.3, 0.4) is 0 Å². The fourth-order valence-electron chi connectivity index (χ4n) is 2.66. The van der Waals surface area contributed by atoms with E-state index >= 15 is 0 Å². The lowest BCUT2D eigenvalue weighted by molar-refractivity contribution is -0.138. The van der Waals surface area contributed by atoms with Crippen LogP contribution in [0.5, 0.6) is 0 Å².